The molecule has 0 aliphatic heterocycles. The monoisotopic (exact) mass is 460 g/mol. The summed E-state index contributed by atoms with van der Waals surface area (Å²) in [5.74, 6) is -5.52. The maximum absolute atomic E-state index is 13.1. The van der Waals surface area contributed by atoms with Gasteiger partial charge in [0.15, 0.2) is 0 Å². The highest BCUT2D eigenvalue weighted by Crippen LogP contribution is 2.34. The topological polar surface area (TPSA) is 133 Å². The van der Waals surface area contributed by atoms with Gasteiger partial charge in [-0.2, -0.15) is 0 Å². The van der Waals surface area contributed by atoms with Gasteiger partial charge in [-0.3, -0.25) is 19.2 Å². The number of nitrogens with one attached hydrogen (secondary N) is 2. The van der Waals surface area contributed by atoms with Crippen molar-refractivity contribution in [3.8, 4) is 0 Å². The number of hydrogen-bond donors (Lipinski definition) is 4. The lowest BCUT2D eigenvalue weighted by molar-refractivity contribution is -0.150. The number of carboxylic acids is 2. The van der Waals surface area contributed by atoms with E-state index in [9.17, 15) is 29.4 Å². The van der Waals surface area contributed by atoms with Crippen LogP contribution in [0.25, 0.3) is 0 Å². The Morgan fingerprint density at radius 2 is 1.48 bits per heavy atom. The number of rotatable bonds is 12. The van der Waals surface area contributed by atoms with Crippen molar-refractivity contribution in [1.29, 1.82) is 0 Å². The van der Waals surface area contributed by atoms with Crippen molar-refractivity contribution in [2.45, 2.75) is 77.3 Å². The van der Waals surface area contributed by atoms with E-state index in [4.69, 9.17) is 0 Å². The first kappa shape index (κ1) is 26.4. The normalized spacial score (nSPS) is 22.1. The molecule has 0 radical (unpaired) electrons. The third kappa shape index (κ3) is 8.51. The molecule has 0 spiro atoms. The molecular formula is C25H36N2O6. The van der Waals surface area contributed by atoms with Gasteiger partial charge in [0.2, 0.25) is 11.8 Å². The van der Waals surface area contributed by atoms with Crippen LogP contribution in [0.4, 0.5) is 0 Å². The summed E-state index contributed by atoms with van der Waals surface area (Å²) in [4.78, 5) is 49.1. The van der Waals surface area contributed by atoms with Crippen LogP contribution in [0.2, 0.25) is 0 Å². The Morgan fingerprint density at radius 3 is 2.03 bits per heavy atom. The third-order valence-electron chi connectivity index (χ3n) is 6.32. The lowest BCUT2D eigenvalue weighted by atomic mass is 9.74. The number of aliphatic carboxylic acids is 2. The van der Waals surface area contributed by atoms with Gasteiger partial charge in [0.05, 0.1) is 11.8 Å². The molecule has 8 nitrogen and oxygen atoms in total. The lowest BCUT2D eigenvalue weighted by Crippen LogP contribution is -2.52. The third-order valence-corrected chi connectivity index (χ3v) is 6.32. The summed E-state index contributed by atoms with van der Waals surface area (Å²) in [6.45, 7) is 4.05. The van der Waals surface area contributed by atoms with Crippen molar-refractivity contribution in [3.05, 3.63) is 35.9 Å². The van der Waals surface area contributed by atoms with E-state index in [2.05, 4.69) is 17.6 Å². The van der Waals surface area contributed by atoms with E-state index in [1.165, 1.54) is 0 Å². The predicted octanol–water partition coefficient (Wildman–Crippen LogP) is 3.00. The van der Waals surface area contributed by atoms with Crippen molar-refractivity contribution in [3.63, 3.8) is 0 Å². The molecule has 0 heterocycles. The summed E-state index contributed by atoms with van der Waals surface area (Å²) in [7, 11) is 0. The Labute approximate surface area is 195 Å². The average molecular weight is 461 g/mol. The number of carbonyl (C=O) groups is 4. The highest BCUT2D eigenvalue weighted by Gasteiger charge is 2.40. The van der Waals surface area contributed by atoms with Gasteiger partial charge in [-0.15, -0.1) is 0 Å². The van der Waals surface area contributed by atoms with Crippen LogP contribution < -0.4 is 10.6 Å². The van der Waals surface area contributed by atoms with Crippen molar-refractivity contribution in [2.75, 3.05) is 0 Å². The standard InChI is InChI=1S/C25H36N2O6/c1-3-4-6-9-16(2)26-23(29)21(12-17-10-7-5-8-11-17)27-22(28)18-13-19(24(30)31)15-20(14-18)25(32)33/h5,7-8,10-11,16,18-21H,3-4,6,9,12-15H2,1-2H3,(H,26,29)(H,27,28)(H,30,31)(H,32,33)/t16?,18-,19+,20-,21-/m0/s1. The molecule has 1 aliphatic rings. The molecule has 1 saturated carbocycles. The number of unbranched alkanes of at least 4 members (excludes halogenated alkanes) is 2. The van der Waals surface area contributed by atoms with Crippen LogP contribution >= 0.6 is 0 Å². The number of benzene rings is 1. The van der Waals surface area contributed by atoms with Crippen molar-refractivity contribution >= 4 is 23.8 Å². The van der Waals surface area contributed by atoms with Gasteiger partial charge >= 0.3 is 11.9 Å². The molecule has 1 unspecified atom stereocenters. The fourth-order valence-corrected chi connectivity index (χ4v) is 4.40. The summed E-state index contributed by atoms with van der Waals surface area (Å²) in [5, 5.41) is 24.6. The van der Waals surface area contributed by atoms with Crippen LogP contribution in [0, 0.1) is 17.8 Å². The quantitative estimate of drug-likeness (QED) is 0.355. The second-order valence-electron chi connectivity index (χ2n) is 9.13. The van der Waals surface area contributed by atoms with E-state index >= 15 is 0 Å². The second-order valence-corrected chi connectivity index (χ2v) is 9.13. The van der Waals surface area contributed by atoms with Crippen molar-refractivity contribution in [2.24, 2.45) is 17.8 Å². The number of amides is 2. The largest absolute Gasteiger partial charge is 0.481 e. The van der Waals surface area contributed by atoms with E-state index in [0.29, 0.717) is 0 Å². The Kier molecular flexibility index (Phi) is 10.4. The van der Waals surface area contributed by atoms with E-state index in [1.807, 2.05) is 37.3 Å². The number of hydrogen-bond acceptors (Lipinski definition) is 4. The first-order chi connectivity index (χ1) is 15.7. The van der Waals surface area contributed by atoms with Crippen LogP contribution in [-0.2, 0) is 25.6 Å². The molecule has 1 fully saturated rings. The number of carbonyl (C=O) groups excluding carboxylic acids is 2. The summed E-state index contributed by atoms with van der Waals surface area (Å²) in [6.07, 6.45) is 4.45. The summed E-state index contributed by atoms with van der Waals surface area (Å²) < 4.78 is 0. The van der Waals surface area contributed by atoms with Crippen LogP contribution in [0.5, 0.6) is 0 Å². The molecule has 2 amide bonds. The smallest absolute Gasteiger partial charge is 0.306 e. The highest BCUT2D eigenvalue weighted by molar-refractivity contribution is 5.89. The molecule has 33 heavy (non-hydrogen) atoms. The van der Waals surface area contributed by atoms with Gasteiger partial charge in [0, 0.05) is 18.4 Å². The first-order valence-corrected chi connectivity index (χ1v) is 11.8. The van der Waals surface area contributed by atoms with Crippen LogP contribution in [0.3, 0.4) is 0 Å². The van der Waals surface area contributed by atoms with E-state index < -0.39 is 41.6 Å². The highest BCUT2D eigenvalue weighted by atomic mass is 16.4. The molecule has 1 aromatic carbocycles. The Hall–Kier alpha value is -2.90. The lowest BCUT2D eigenvalue weighted by Gasteiger charge is -2.31. The molecule has 1 aliphatic carbocycles. The molecule has 0 bridgehead atoms. The summed E-state index contributed by atoms with van der Waals surface area (Å²) >= 11 is 0. The van der Waals surface area contributed by atoms with E-state index in [1.54, 1.807) is 0 Å². The van der Waals surface area contributed by atoms with Crippen molar-refractivity contribution in [1.82, 2.24) is 10.6 Å². The molecule has 182 valence electrons. The van der Waals surface area contributed by atoms with Crippen LogP contribution in [-0.4, -0.2) is 46.0 Å². The molecule has 8 heteroatoms. The molecular weight excluding hydrogens is 424 g/mol. The maximum atomic E-state index is 13.1. The molecule has 0 saturated heterocycles. The van der Waals surface area contributed by atoms with Gasteiger partial charge in [0.25, 0.3) is 0 Å². The van der Waals surface area contributed by atoms with Gasteiger partial charge in [-0.1, -0.05) is 56.5 Å². The molecule has 5 atom stereocenters. The maximum Gasteiger partial charge on any atom is 0.306 e. The van der Waals surface area contributed by atoms with Crippen molar-refractivity contribution < 1.29 is 29.4 Å². The summed E-state index contributed by atoms with van der Waals surface area (Å²) in [5.41, 5.74) is 0.882. The minimum absolute atomic E-state index is 0.0116. The SMILES string of the molecule is CCCCCC(C)NC(=O)[C@H](Cc1ccccc1)NC(=O)[C@@H]1C[C@H](C(=O)O)C[C@H](C(=O)O)C1. The molecule has 1 aromatic rings. The Balaban J connectivity index is 2.11. The summed E-state index contributed by atoms with van der Waals surface area (Å²) in [6, 6.07) is 8.46. The zero-order valence-electron chi connectivity index (χ0n) is 19.5. The average Bonchev–Trinajstić information content (AvgIpc) is 2.79. The fraction of sp³-hybridized carbons (Fsp3) is 0.600. The van der Waals surface area contributed by atoms with E-state index in [-0.39, 0.29) is 37.6 Å². The van der Waals surface area contributed by atoms with Gasteiger partial charge in [-0.25, -0.2) is 0 Å². The molecule has 2 rings (SSSR count). The number of carboxylic acid groups (broad SMARTS) is 2. The van der Waals surface area contributed by atoms with E-state index in [0.717, 1.165) is 31.2 Å². The predicted molar refractivity (Wildman–Crippen MR) is 123 cm³/mol. The zero-order chi connectivity index (χ0) is 24.4. The Bertz CT molecular complexity index is 790. The fourth-order valence-electron chi connectivity index (χ4n) is 4.40. The van der Waals surface area contributed by atoms with Gasteiger partial charge in [0.1, 0.15) is 6.04 Å². The molecule has 0 aromatic heterocycles. The zero-order valence-corrected chi connectivity index (χ0v) is 19.5. The molecule has 4 N–H and O–H groups in total. The van der Waals surface area contributed by atoms with Crippen LogP contribution in [0.15, 0.2) is 30.3 Å². The first-order valence-electron chi connectivity index (χ1n) is 11.8. The minimum atomic E-state index is -1.10. The van der Waals surface area contributed by atoms with Crippen LogP contribution in [0.1, 0.15) is 64.4 Å². The Morgan fingerprint density at radius 1 is 0.909 bits per heavy atom. The second kappa shape index (κ2) is 13.0. The van der Waals surface area contributed by atoms with Gasteiger partial charge < -0.3 is 20.8 Å². The minimum Gasteiger partial charge on any atom is -0.481 e. The van der Waals surface area contributed by atoms with Gasteiger partial charge in [-0.05, 0) is 38.2 Å².